The highest BCUT2D eigenvalue weighted by molar-refractivity contribution is 5.65. The summed E-state index contributed by atoms with van der Waals surface area (Å²) < 4.78 is 0. The first-order valence-electron chi connectivity index (χ1n) is 3.83. The van der Waals surface area contributed by atoms with Gasteiger partial charge in [-0.1, -0.05) is 30.9 Å². The van der Waals surface area contributed by atoms with Crippen LogP contribution in [0.5, 0.6) is 5.75 Å². The second-order valence-electron chi connectivity index (χ2n) is 2.63. The average molecular weight is 160 g/mol. The zero-order chi connectivity index (χ0) is 8.97. The normalized spacial score (nSPS) is 11.2. The van der Waals surface area contributed by atoms with Crippen molar-refractivity contribution in [3.8, 4) is 5.75 Å². The van der Waals surface area contributed by atoms with Gasteiger partial charge in [0.25, 0.3) is 0 Å². The highest BCUT2D eigenvalue weighted by Gasteiger charge is 1.93. The van der Waals surface area contributed by atoms with Crippen LogP contribution >= 0.6 is 0 Å². The van der Waals surface area contributed by atoms with Gasteiger partial charge in [0.05, 0.1) is 0 Å². The molecule has 0 aliphatic rings. The number of aromatic hydroxyl groups is 1. The van der Waals surface area contributed by atoms with Crippen molar-refractivity contribution >= 4 is 5.57 Å². The van der Waals surface area contributed by atoms with Crippen LogP contribution in [0.25, 0.3) is 5.57 Å². The number of allylic oxidation sites excluding steroid dienone is 3. The number of hydrogen-bond acceptors (Lipinski definition) is 1. The van der Waals surface area contributed by atoms with Crippen molar-refractivity contribution in [3.05, 3.63) is 48.6 Å². The van der Waals surface area contributed by atoms with Crippen LogP contribution in [0.2, 0.25) is 0 Å². The molecule has 0 saturated carbocycles. The Hall–Kier alpha value is -1.50. The Labute approximate surface area is 72.7 Å². The summed E-state index contributed by atoms with van der Waals surface area (Å²) in [6.07, 6.45) is 3.69. The third kappa shape index (κ3) is 1.99. The highest BCUT2D eigenvalue weighted by Crippen LogP contribution is 2.16. The lowest BCUT2D eigenvalue weighted by Crippen LogP contribution is -1.76. The minimum atomic E-state index is 0.296. The minimum Gasteiger partial charge on any atom is -0.508 e. The van der Waals surface area contributed by atoms with Gasteiger partial charge in [0.1, 0.15) is 5.75 Å². The van der Waals surface area contributed by atoms with E-state index < -0.39 is 0 Å². The Morgan fingerprint density at radius 1 is 1.33 bits per heavy atom. The number of benzene rings is 1. The SMILES string of the molecule is C=C/C=C(/C)c1ccc(O)cc1. The first-order chi connectivity index (χ1) is 5.74. The molecule has 0 heterocycles. The molecule has 0 aliphatic carbocycles. The predicted molar refractivity (Wildman–Crippen MR) is 52.0 cm³/mol. The maximum atomic E-state index is 9.03. The smallest absolute Gasteiger partial charge is 0.115 e. The van der Waals surface area contributed by atoms with Crippen LogP contribution < -0.4 is 0 Å². The van der Waals surface area contributed by atoms with E-state index in [0.29, 0.717) is 5.75 Å². The van der Waals surface area contributed by atoms with Gasteiger partial charge in [0.2, 0.25) is 0 Å². The zero-order valence-electron chi connectivity index (χ0n) is 7.12. The molecule has 0 saturated heterocycles. The lowest BCUT2D eigenvalue weighted by atomic mass is 10.1. The average Bonchev–Trinajstić information content (AvgIpc) is 2.06. The van der Waals surface area contributed by atoms with Crippen molar-refractivity contribution in [2.45, 2.75) is 6.92 Å². The van der Waals surface area contributed by atoms with Crippen molar-refractivity contribution in [1.29, 1.82) is 0 Å². The Morgan fingerprint density at radius 2 is 1.92 bits per heavy atom. The molecular formula is C11H12O. The molecule has 0 atom stereocenters. The highest BCUT2D eigenvalue weighted by atomic mass is 16.3. The monoisotopic (exact) mass is 160 g/mol. The maximum Gasteiger partial charge on any atom is 0.115 e. The first kappa shape index (κ1) is 8.60. The zero-order valence-corrected chi connectivity index (χ0v) is 7.12. The second kappa shape index (κ2) is 3.77. The fourth-order valence-corrected chi connectivity index (χ4v) is 0.997. The summed E-state index contributed by atoms with van der Waals surface area (Å²) in [7, 11) is 0. The molecule has 1 heteroatoms. The topological polar surface area (TPSA) is 20.2 Å². The number of hydrogen-bond donors (Lipinski definition) is 1. The molecule has 0 spiro atoms. The van der Waals surface area contributed by atoms with Crippen molar-refractivity contribution in [2.24, 2.45) is 0 Å². The Balaban J connectivity index is 2.97. The van der Waals surface area contributed by atoms with Gasteiger partial charge in [-0.2, -0.15) is 0 Å². The van der Waals surface area contributed by atoms with Gasteiger partial charge in [0.15, 0.2) is 0 Å². The Morgan fingerprint density at radius 3 is 2.42 bits per heavy atom. The first-order valence-corrected chi connectivity index (χ1v) is 3.83. The number of phenols is 1. The molecule has 12 heavy (non-hydrogen) atoms. The van der Waals surface area contributed by atoms with Crippen LogP contribution in [0.15, 0.2) is 43.0 Å². The summed E-state index contributed by atoms with van der Waals surface area (Å²) in [5.41, 5.74) is 2.25. The molecule has 1 N–H and O–H groups in total. The quantitative estimate of drug-likeness (QED) is 0.659. The molecule has 1 nitrogen and oxygen atoms in total. The summed E-state index contributed by atoms with van der Waals surface area (Å²) in [5.74, 6) is 0.296. The summed E-state index contributed by atoms with van der Waals surface area (Å²) in [6.45, 7) is 5.63. The van der Waals surface area contributed by atoms with E-state index in [1.165, 1.54) is 0 Å². The van der Waals surface area contributed by atoms with Crippen molar-refractivity contribution in [3.63, 3.8) is 0 Å². The minimum absolute atomic E-state index is 0.296. The largest absolute Gasteiger partial charge is 0.508 e. The molecule has 0 aliphatic heterocycles. The van der Waals surface area contributed by atoms with Crippen molar-refractivity contribution in [1.82, 2.24) is 0 Å². The fraction of sp³-hybridized carbons (Fsp3) is 0.0909. The molecular weight excluding hydrogens is 148 g/mol. The van der Waals surface area contributed by atoms with E-state index in [4.69, 9.17) is 5.11 Å². The van der Waals surface area contributed by atoms with Crippen LogP contribution in [0.1, 0.15) is 12.5 Å². The molecule has 1 rings (SSSR count). The van der Waals surface area contributed by atoms with Crippen LogP contribution in [-0.4, -0.2) is 5.11 Å². The maximum absolute atomic E-state index is 9.03. The lowest BCUT2D eigenvalue weighted by Gasteiger charge is -1.99. The van der Waals surface area contributed by atoms with Gasteiger partial charge in [-0.25, -0.2) is 0 Å². The summed E-state index contributed by atoms with van der Waals surface area (Å²) in [4.78, 5) is 0. The van der Waals surface area contributed by atoms with Crippen molar-refractivity contribution < 1.29 is 5.11 Å². The van der Waals surface area contributed by atoms with Crippen LogP contribution in [0, 0.1) is 0 Å². The summed E-state index contributed by atoms with van der Waals surface area (Å²) in [6, 6.07) is 7.11. The molecule has 0 radical (unpaired) electrons. The van der Waals surface area contributed by atoms with Crippen LogP contribution in [-0.2, 0) is 0 Å². The third-order valence-corrected chi connectivity index (χ3v) is 1.69. The van der Waals surface area contributed by atoms with E-state index in [-0.39, 0.29) is 0 Å². The molecule has 62 valence electrons. The molecule has 0 bridgehead atoms. The molecule has 1 aromatic carbocycles. The van der Waals surface area contributed by atoms with Crippen molar-refractivity contribution in [2.75, 3.05) is 0 Å². The van der Waals surface area contributed by atoms with E-state index in [9.17, 15) is 0 Å². The van der Waals surface area contributed by atoms with E-state index in [0.717, 1.165) is 11.1 Å². The molecule has 0 aromatic heterocycles. The number of rotatable bonds is 2. The van der Waals surface area contributed by atoms with Gasteiger partial charge in [-0.15, -0.1) is 0 Å². The van der Waals surface area contributed by atoms with Gasteiger partial charge in [0, 0.05) is 0 Å². The van der Waals surface area contributed by atoms with Gasteiger partial charge in [-0.3, -0.25) is 0 Å². The molecule has 0 amide bonds. The summed E-state index contributed by atoms with van der Waals surface area (Å²) in [5, 5.41) is 9.03. The fourth-order valence-electron chi connectivity index (χ4n) is 0.997. The Bertz CT molecular complexity index is 293. The van der Waals surface area contributed by atoms with E-state index in [1.54, 1.807) is 18.2 Å². The molecule has 0 unspecified atom stereocenters. The summed E-state index contributed by atoms with van der Waals surface area (Å²) >= 11 is 0. The van der Waals surface area contributed by atoms with Gasteiger partial charge < -0.3 is 5.11 Å². The third-order valence-electron chi connectivity index (χ3n) is 1.69. The Kier molecular flexibility index (Phi) is 2.70. The van der Waals surface area contributed by atoms with Crippen LogP contribution in [0.4, 0.5) is 0 Å². The second-order valence-corrected chi connectivity index (χ2v) is 2.63. The van der Waals surface area contributed by atoms with Crippen LogP contribution in [0.3, 0.4) is 0 Å². The van der Waals surface area contributed by atoms with E-state index >= 15 is 0 Å². The predicted octanol–water partition coefficient (Wildman–Crippen LogP) is 2.98. The lowest BCUT2D eigenvalue weighted by molar-refractivity contribution is 0.475. The number of phenolic OH excluding ortho intramolecular Hbond substituents is 1. The standard InChI is InChI=1S/C11H12O/c1-3-4-9(2)10-5-7-11(12)8-6-10/h3-8,12H,1H2,2H3/b9-4-. The molecule has 0 fully saturated rings. The van der Waals surface area contributed by atoms with E-state index in [2.05, 4.69) is 6.58 Å². The molecule has 1 aromatic rings. The van der Waals surface area contributed by atoms with Gasteiger partial charge >= 0.3 is 0 Å². The van der Waals surface area contributed by atoms with E-state index in [1.807, 2.05) is 25.1 Å². The van der Waals surface area contributed by atoms with Gasteiger partial charge in [-0.05, 0) is 30.2 Å².